The molecule has 5 nitrogen and oxygen atoms in total. The van der Waals surface area contributed by atoms with Gasteiger partial charge in [-0.25, -0.2) is 0 Å². The molecule has 0 fully saturated rings. The van der Waals surface area contributed by atoms with Gasteiger partial charge in [-0.3, -0.25) is 9.48 Å². The molecular formula is C19H27N3O2. The van der Waals surface area contributed by atoms with E-state index in [1.807, 2.05) is 69.6 Å². The number of benzene rings is 1. The number of aromatic nitrogens is 2. The van der Waals surface area contributed by atoms with E-state index in [2.05, 4.69) is 10.4 Å². The highest BCUT2D eigenvalue weighted by atomic mass is 16.5. The number of ether oxygens (including phenoxy) is 1. The molecule has 1 aromatic heterocycles. The molecular weight excluding hydrogens is 302 g/mol. The van der Waals surface area contributed by atoms with E-state index in [0.717, 1.165) is 22.7 Å². The van der Waals surface area contributed by atoms with Gasteiger partial charge in [-0.2, -0.15) is 5.10 Å². The molecule has 1 aromatic carbocycles. The van der Waals surface area contributed by atoms with Crippen molar-refractivity contribution in [3.05, 3.63) is 47.3 Å². The van der Waals surface area contributed by atoms with Gasteiger partial charge in [0.05, 0.1) is 11.8 Å². The van der Waals surface area contributed by atoms with E-state index >= 15 is 0 Å². The van der Waals surface area contributed by atoms with Crippen molar-refractivity contribution >= 4 is 5.91 Å². The van der Waals surface area contributed by atoms with Gasteiger partial charge in [-0.05, 0) is 57.9 Å². The fourth-order valence-electron chi connectivity index (χ4n) is 2.74. The van der Waals surface area contributed by atoms with Crippen molar-refractivity contribution in [1.82, 2.24) is 15.1 Å². The van der Waals surface area contributed by atoms with Crippen LogP contribution in [-0.2, 0) is 11.3 Å². The maximum absolute atomic E-state index is 12.6. The first-order valence-corrected chi connectivity index (χ1v) is 8.46. The Morgan fingerprint density at radius 1 is 1.29 bits per heavy atom. The van der Waals surface area contributed by atoms with Crippen LogP contribution >= 0.6 is 0 Å². The Labute approximate surface area is 144 Å². The van der Waals surface area contributed by atoms with E-state index in [1.165, 1.54) is 0 Å². The zero-order valence-electron chi connectivity index (χ0n) is 15.2. The topological polar surface area (TPSA) is 56.1 Å². The summed E-state index contributed by atoms with van der Waals surface area (Å²) in [5.41, 5.74) is 2.95. The molecule has 0 saturated heterocycles. The van der Waals surface area contributed by atoms with Crippen molar-refractivity contribution < 1.29 is 9.53 Å². The molecule has 24 heavy (non-hydrogen) atoms. The molecule has 1 amide bonds. The van der Waals surface area contributed by atoms with Gasteiger partial charge < -0.3 is 10.1 Å². The van der Waals surface area contributed by atoms with Gasteiger partial charge in [0, 0.05) is 12.2 Å². The smallest absolute Gasteiger partial charge is 0.245 e. The lowest BCUT2D eigenvalue weighted by Gasteiger charge is -2.17. The quantitative estimate of drug-likeness (QED) is 0.845. The summed E-state index contributed by atoms with van der Waals surface area (Å²) < 4.78 is 7.50. The normalized spacial score (nSPS) is 12.2. The maximum Gasteiger partial charge on any atom is 0.245 e. The van der Waals surface area contributed by atoms with Gasteiger partial charge in [0.15, 0.2) is 0 Å². The summed E-state index contributed by atoms with van der Waals surface area (Å²) in [6.45, 7) is 10.4. The number of carbonyl (C=O) groups is 1. The molecule has 130 valence electrons. The third-order valence-electron chi connectivity index (χ3n) is 3.77. The van der Waals surface area contributed by atoms with Crippen molar-refractivity contribution in [1.29, 1.82) is 0 Å². The van der Waals surface area contributed by atoms with Crippen LogP contribution in [0, 0.1) is 13.8 Å². The van der Waals surface area contributed by atoms with Gasteiger partial charge in [-0.15, -0.1) is 0 Å². The lowest BCUT2D eigenvalue weighted by Crippen LogP contribution is -2.33. The average molecular weight is 329 g/mol. The Morgan fingerprint density at radius 2 is 2.04 bits per heavy atom. The zero-order chi connectivity index (χ0) is 17.7. The molecule has 0 aliphatic carbocycles. The van der Waals surface area contributed by atoms with Crippen LogP contribution in [-0.4, -0.2) is 21.8 Å². The third-order valence-corrected chi connectivity index (χ3v) is 3.77. The van der Waals surface area contributed by atoms with E-state index in [9.17, 15) is 4.79 Å². The fraction of sp³-hybridized carbons (Fsp3) is 0.474. The number of hydrogen-bond acceptors (Lipinski definition) is 3. The highest BCUT2D eigenvalue weighted by Crippen LogP contribution is 2.17. The Morgan fingerprint density at radius 3 is 2.62 bits per heavy atom. The first-order valence-electron chi connectivity index (χ1n) is 8.46. The van der Waals surface area contributed by atoms with Crippen molar-refractivity contribution in [3.63, 3.8) is 0 Å². The lowest BCUT2D eigenvalue weighted by atomic mass is 10.1. The summed E-state index contributed by atoms with van der Waals surface area (Å²) in [6, 6.07) is 9.52. The van der Waals surface area contributed by atoms with E-state index < -0.39 is 0 Å². The van der Waals surface area contributed by atoms with E-state index in [-0.39, 0.29) is 18.1 Å². The van der Waals surface area contributed by atoms with E-state index in [0.29, 0.717) is 13.0 Å². The Bertz CT molecular complexity index is 692. The summed E-state index contributed by atoms with van der Waals surface area (Å²) in [7, 11) is 0. The standard InChI is InChI=1S/C19H27N3O2/c1-6-18(22-15(5)10-14(4)21-22)19(23)20-12-16-8-7-9-17(11-16)24-13(2)3/h7-11,13,18H,6,12H2,1-5H3,(H,20,23)/t18-/m1/s1. The average Bonchev–Trinajstić information content (AvgIpc) is 2.84. The van der Waals surface area contributed by atoms with Crippen molar-refractivity contribution in [2.45, 2.75) is 59.7 Å². The summed E-state index contributed by atoms with van der Waals surface area (Å²) >= 11 is 0. The van der Waals surface area contributed by atoms with E-state index in [1.54, 1.807) is 0 Å². The zero-order valence-corrected chi connectivity index (χ0v) is 15.2. The van der Waals surface area contributed by atoms with Crippen LogP contribution in [0.2, 0.25) is 0 Å². The number of aryl methyl sites for hydroxylation is 2. The monoisotopic (exact) mass is 329 g/mol. The maximum atomic E-state index is 12.6. The molecule has 1 N–H and O–H groups in total. The summed E-state index contributed by atoms with van der Waals surface area (Å²) in [5.74, 6) is 0.807. The van der Waals surface area contributed by atoms with E-state index in [4.69, 9.17) is 4.74 Å². The molecule has 0 saturated carbocycles. The third kappa shape index (κ3) is 4.60. The minimum Gasteiger partial charge on any atom is -0.491 e. The summed E-state index contributed by atoms with van der Waals surface area (Å²) in [6.07, 6.45) is 0.829. The number of rotatable bonds is 7. The van der Waals surface area contributed by atoms with Crippen molar-refractivity contribution in [2.75, 3.05) is 0 Å². The number of hydrogen-bond donors (Lipinski definition) is 1. The predicted molar refractivity (Wildman–Crippen MR) is 95.1 cm³/mol. The molecule has 0 spiro atoms. The molecule has 0 aliphatic heterocycles. The van der Waals surface area contributed by atoms with Gasteiger partial charge in [-0.1, -0.05) is 19.1 Å². The van der Waals surface area contributed by atoms with Crippen LogP contribution in [0.25, 0.3) is 0 Å². The van der Waals surface area contributed by atoms with Crippen molar-refractivity contribution in [2.24, 2.45) is 0 Å². The van der Waals surface area contributed by atoms with Crippen LogP contribution in [0.3, 0.4) is 0 Å². The predicted octanol–water partition coefficient (Wildman–Crippen LogP) is 3.55. The number of carbonyl (C=O) groups excluding carboxylic acids is 1. The minimum atomic E-state index is -0.284. The SMILES string of the molecule is CC[C@H](C(=O)NCc1cccc(OC(C)C)c1)n1nc(C)cc1C. The van der Waals surface area contributed by atoms with Crippen molar-refractivity contribution in [3.8, 4) is 5.75 Å². The molecule has 1 atom stereocenters. The Hall–Kier alpha value is -2.30. The summed E-state index contributed by atoms with van der Waals surface area (Å²) in [4.78, 5) is 12.6. The van der Waals surface area contributed by atoms with Gasteiger partial charge in [0.25, 0.3) is 0 Å². The summed E-state index contributed by atoms with van der Waals surface area (Å²) in [5, 5.41) is 7.45. The highest BCUT2D eigenvalue weighted by molar-refractivity contribution is 5.80. The molecule has 0 radical (unpaired) electrons. The minimum absolute atomic E-state index is 0.0149. The second kappa shape index (κ2) is 7.99. The molecule has 2 aromatic rings. The van der Waals surface area contributed by atoms with Crippen LogP contribution < -0.4 is 10.1 Å². The molecule has 0 bridgehead atoms. The number of nitrogens with one attached hydrogen (secondary N) is 1. The van der Waals surface area contributed by atoms with Gasteiger partial charge in [0.2, 0.25) is 5.91 Å². The van der Waals surface area contributed by atoms with Gasteiger partial charge >= 0.3 is 0 Å². The van der Waals surface area contributed by atoms with Crippen LogP contribution in [0.5, 0.6) is 5.75 Å². The second-order valence-corrected chi connectivity index (χ2v) is 6.33. The Balaban J connectivity index is 2.02. The molecule has 5 heteroatoms. The number of nitrogens with zero attached hydrogens (tertiary/aromatic N) is 2. The molecule has 1 heterocycles. The fourth-order valence-corrected chi connectivity index (χ4v) is 2.74. The first-order chi connectivity index (χ1) is 11.4. The highest BCUT2D eigenvalue weighted by Gasteiger charge is 2.20. The largest absolute Gasteiger partial charge is 0.491 e. The molecule has 0 unspecified atom stereocenters. The van der Waals surface area contributed by atoms with Crippen LogP contribution in [0.4, 0.5) is 0 Å². The van der Waals surface area contributed by atoms with Crippen LogP contribution in [0.15, 0.2) is 30.3 Å². The Kier molecular flexibility index (Phi) is 6.01. The molecule has 0 aliphatic rings. The number of amides is 1. The first kappa shape index (κ1) is 18.0. The molecule has 2 rings (SSSR count). The second-order valence-electron chi connectivity index (χ2n) is 6.33. The van der Waals surface area contributed by atoms with Crippen LogP contribution in [0.1, 0.15) is 50.2 Å². The lowest BCUT2D eigenvalue weighted by molar-refractivity contribution is -0.124. The van der Waals surface area contributed by atoms with Gasteiger partial charge in [0.1, 0.15) is 11.8 Å².